The minimum absolute atomic E-state index is 0.207. The SMILES string of the molecule is COc1ccc(C(C)NCC(CCO)c2ccccc2)cc1. The van der Waals surface area contributed by atoms with E-state index < -0.39 is 0 Å². The summed E-state index contributed by atoms with van der Waals surface area (Å²) in [5, 5.41) is 12.9. The summed E-state index contributed by atoms with van der Waals surface area (Å²) in [7, 11) is 1.68. The molecule has 0 aromatic heterocycles. The molecule has 0 saturated carbocycles. The molecule has 0 bridgehead atoms. The number of hydrogen-bond acceptors (Lipinski definition) is 3. The molecule has 2 rings (SSSR count). The summed E-state index contributed by atoms with van der Waals surface area (Å²) in [5.74, 6) is 1.20. The van der Waals surface area contributed by atoms with Gasteiger partial charge in [-0.25, -0.2) is 0 Å². The molecule has 22 heavy (non-hydrogen) atoms. The summed E-state index contributed by atoms with van der Waals surface area (Å²) in [6.45, 7) is 3.21. The summed E-state index contributed by atoms with van der Waals surface area (Å²) >= 11 is 0. The second kappa shape index (κ2) is 8.57. The molecular weight excluding hydrogens is 274 g/mol. The first-order valence-electron chi connectivity index (χ1n) is 7.77. The molecule has 0 heterocycles. The van der Waals surface area contributed by atoms with Gasteiger partial charge in [0.2, 0.25) is 0 Å². The molecule has 0 aliphatic heterocycles. The molecular formula is C19H25NO2. The van der Waals surface area contributed by atoms with Crippen molar-refractivity contribution in [3.05, 3.63) is 65.7 Å². The van der Waals surface area contributed by atoms with Crippen LogP contribution in [-0.2, 0) is 0 Å². The molecule has 0 aliphatic rings. The number of nitrogens with one attached hydrogen (secondary N) is 1. The molecule has 3 nitrogen and oxygen atoms in total. The molecule has 2 aromatic rings. The molecule has 2 unspecified atom stereocenters. The number of rotatable bonds is 8. The molecule has 3 heteroatoms. The lowest BCUT2D eigenvalue weighted by atomic mass is 9.95. The molecule has 0 spiro atoms. The van der Waals surface area contributed by atoms with Gasteiger partial charge in [0, 0.05) is 19.2 Å². The fraction of sp³-hybridized carbons (Fsp3) is 0.368. The van der Waals surface area contributed by atoms with Crippen LogP contribution in [0.25, 0.3) is 0 Å². The van der Waals surface area contributed by atoms with Crippen LogP contribution < -0.4 is 10.1 Å². The van der Waals surface area contributed by atoms with Crippen molar-refractivity contribution in [2.45, 2.75) is 25.3 Å². The van der Waals surface area contributed by atoms with Crippen LogP contribution >= 0.6 is 0 Å². The third-order valence-electron chi connectivity index (χ3n) is 4.03. The highest BCUT2D eigenvalue weighted by Crippen LogP contribution is 2.21. The van der Waals surface area contributed by atoms with Crippen LogP contribution in [-0.4, -0.2) is 25.4 Å². The van der Waals surface area contributed by atoms with E-state index in [2.05, 4.69) is 36.5 Å². The van der Waals surface area contributed by atoms with Crippen LogP contribution in [0.3, 0.4) is 0 Å². The first-order chi connectivity index (χ1) is 10.7. The van der Waals surface area contributed by atoms with Gasteiger partial charge in [-0.15, -0.1) is 0 Å². The van der Waals surface area contributed by atoms with E-state index in [1.807, 2.05) is 30.3 Å². The average molecular weight is 299 g/mol. The Morgan fingerprint density at radius 1 is 1.00 bits per heavy atom. The molecule has 0 radical (unpaired) electrons. The Kier molecular flexibility index (Phi) is 6.44. The second-order valence-corrected chi connectivity index (χ2v) is 5.52. The third kappa shape index (κ3) is 4.58. The number of methoxy groups -OCH3 is 1. The van der Waals surface area contributed by atoms with E-state index in [0.29, 0.717) is 5.92 Å². The number of benzene rings is 2. The standard InChI is InChI=1S/C19H25NO2/c1-15(16-8-10-19(22-2)11-9-16)20-14-18(12-13-21)17-6-4-3-5-7-17/h3-11,15,18,20-21H,12-14H2,1-2H3. The van der Waals surface area contributed by atoms with Crippen LogP contribution in [0, 0.1) is 0 Å². The maximum atomic E-state index is 9.30. The van der Waals surface area contributed by atoms with Crippen molar-refractivity contribution in [1.29, 1.82) is 0 Å². The molecule has 0 saturated heterocycles. The minimum atomic E-state index is 0.207. The summed E-state index contributed by atoms with van der Waals surface area (Å²) in [6, 6.07) is 18.8. The molecule has 2 N–H and O–H groups in total. The minimum Gasteiger partial charge on any atom is -0.497 e. The number of aliphatic hydroxyl groups excluding tert-OH is 1. The van der Waals surface area contributed by atoms with Crippen molar-refractivity contribution in [3.63, 3.8) is 0 Å². The molecule has 0 amide bonds. The monoisotopic (exact) mass is 299 g/mol. The zero-order valence-electron chi connectivity index (χ0n) is 13.3. The van der Waals surface area contributed by atoms with Gasteiger partial charge in [-0.1, -0.05) is 42.5 Å². The first-order valence-corrected chi connectivity index (χ1v) is 7.77. The van der Waals surface area contributed by atoms with Crippen LogP contribution in [0.4, 0.5) is 0 Å². The van der Waals surface area contributed by atoms with E-state index in [9.17, 15) is 5.11 Å². The van der Waals surface area contributed by atoms with Gasteiger partial charge >= 0.3 is 0 Å². The Bertz CT molecular complexity index is 539. The zero-order valence-corrected chi connectivity index (χ0v) is 13.3. The van der Waals surface area contributed by atoms with E-state index in [4.69, 9.17) is 4.74 Å². The highest BCUT2D eigenvalue weighted by atomic mass is 16.5. The summed E-state index contributed by atoms with van der Waals surface area (Å²) in [5.41, 5.74) is 2.50. The van der Waals surface area contributed by atoms with Crippen LogP contribution in [0.5, 0.6) is 5.75 Å². The maximum Gasteiger partial charge on any atom is 0.118 e. The largest absolute Gasteiger partial charge is 0.497 e. The highest BCUT2D eigenvalue weighted by Gasteiger charge is 2.13. The summed E-state index contributed by atoms with van der Waals surface area (Å²) in [4.78, 5) is 0. The Balaban J connectivity index is 1.96. The van der Waals surface area contributed by atoms with Gasteiger partial charge < -0.3 is 15.2 Å². The molecule has 2 aromatic carbocycles. The van der Waals surface area contributed by atoms with Gasteiger partial charge in [0.25, 0.3) is 0 Å². The molecule has 2 atom stereocenters. The Hall–Kier alpha value is -1.84. The van der Waals surface area contributed by atoms with Gasteiger partial charge in [0.15, 0.2) is 0 Å². The fourth-order valence-electron chi connectivity index (χ4n) is 2.60. The lowest BCUT2D eigenvalue weighted by Gasteiger charge is -2.21. The predicted molar refractivity (Wildman–Crippen MR) is 90.3 cm³/mol. The Morgan fingerprint density at radius 2 is 1.68 bits per heavy atom. The zero-order chi connectivity index (χ0) is 15.8. The number of ether oxygens (including phenoxy) is 1. The van der Waals surface area contributed by atoms with E-state index >= 15 is 0 Å². The highest BCUT2D eigenvalue weighted by molar-refractivity contribution is 5.29. The maximum absolute atomic E-state index is 9.30. The van der Waals surface area contributed by atoms with Crippen LogP contribution in [0.15, 0.2) is 54.6 Å². The van der Waals surface area contributed by atoms with Crippen molar-refractivity contribution < 1.29 is 9.84 Å². The summed E-state index contributed by atoms with van der Waals surface area (Å²) < 4.78 is 5.19. The van der Waals surface area contributed by atoms with E-state index in [0.717, 1.165) is 18.7 Å². The normalized spacial score (nSPS) is 13.6. The van der Waals surface area contributed by atoms with Crippen molar-refractivity contribution in [2.24, 2.45) is 0 Å². The summed E-state index contributed by atoms with van der Waals surface area (Å²) in [6.07, 6.45) is 0.770. The van der Waals surface area contributed by atoms with Crippen molar-refractivity contribution in [2.75, 3.05) is 20.3 Å². The topological polar surface area (TPSA) is 41.5 Å². The fourth-order valence-corrected chi connectivity index (χ4v) is 2.60. The molecule has 118 valence electrons. The van der Waals surface area contributed by atoms with Crippen molar-refractivity contribution in [3.8, 4) is 5.75 Å². The first kappa shape index (κ1) is 16.5. The number of aliphatic hydroxyl groups is 1. The third-order valence-corrected chi connectivity index (χ3v) is 4.03. The lowest BCUT2D eigenvalue weighted by molar-refractivity contribution is 0.272. The van der Waals surface area contributed by atoms with Crippen LogP contribution in [0.2, 0.25) is 0 Å². The van der Waals surface area contributed by atoms with Gasteiger partial charge in [0.1, 0.15) is 5.75 Å². The quantitative estimate of drug-likeness (QED) is 0.784. The van der Waals surface area contributed by atoms with Gasteiger partial charge in [0.05, 0.1) is 7.11 Å². The predicted octanol–water partition coefficient (Wildman–Crippen LogP) is 3.51. The van der Waals surface area contributed by atoms with Crippen molar-refractivity contribution in [1.82, 2.24) is 5.32 Å². The Labute approximate surface area is 133 Å². The smallest absolute Gasteiger partial charge is 0.118 e. The van der Waals surface area contributed by atoms with E-state index in [-0.39, 0.29) is 12.6 Å². The van der Waals surface area contributed by atoms with Crippen LogP contribution in [0.1, 0.15) is 36.4 Å². The Morgan fingerprint density at radius 3 is 2.27 bits per heavy atom. The number of hydrogen-bond donors (Lipinski definition) is 2. The van der Waals surface area contributed by atoms with Crippen molar-refractivity contribution >= 4 is 0 Å². The van der Waals surface area contributed by atoms with Gasteiger partial charge in [-0.05, 0) is 42.5 Å². The second-order valence-electron chi connectivity index (χ2n) is 5.52. The average Bonchev–Trinajstić information content (AvgIpc) is 2.59. The van der Waals surface area contributed by atoms with Gasteiger partial charge in [-0.3, -0.25) is 0 Å². The van der Waals surface area contributed by atoms with E-state index in [1.54, 1.807) is 7.11 Å². The van der Waals surface area contributed by atoms with Gasteiger partial charge in [-0.2, -0.15) is 0 Å². The van der Waals surface area contributed by atoms with E-state index in [1.165, 1.54) is 11.1 Å². The lowest BCUT2D eigenvalue weighted by Crippen LogP contribution is -2.25. The molecule has 0 aliphatic carbocycles. The molecule has 0 fully saturated rings.